The Balaban J connectivity index is 3.08. The molecule has 0 aromatic heterocycles. The maximum atomic E-state index is 11.8. The molecule has 0 fully saturated rings. The van der Waals surface area contributed by atoms with Gasteiger partial charge in [-0.3, -0.25) is 4.79 Å². The molecule has 0 rings (SSSR count). The standard InChI is InChI=1S/C30H59FO12/c1-2-3-4-5-6-7-30(32)43-29-28-42-27-26-41-25-24-40-23-22-39-21-20-38-19-18-37-17-16-36-15-14-35-13-12-34-11-10-33-9-8-31/h2-29H2,1H3. The fourth-order valence-electron chi connectivity index (χ4n) is 3.30. The van der Waals surface area contributed by atoms with Crippen molar-refractivity contribution in [3.05, 3.63) is 0 Å². The number of carbonyl (C=O) groups excluding carboxylic acids is 1. The smallest absolute Gasteiger partial charge is 0.305 e. The minimum absolute atomic E-state index is 0.112. The monoisotopic (exact) mass is 630 g/mol. The van der Waals surface area contributed by atoms with E-state index in [0.29, 0.717) is 132 Å². The van der Waals surface area contributed by atoms with Crippen LogP contribution >= 0.6 is 0 Å². The lowest BCUT2D eigenvalue weighted by molar-refractivity contribution is -0.145. The maximum Gasteiger partial charge on any atom is 0.305 e. The molecule has 0 amide bonds. The normalized spacial score (nSPS) is 11.4. The molecule has 0 aliphatic carbocycles. The predicted molar refractivity (Wildman–Crippen MR) is 158 cm³/mol. The quantitative estimate of drug-likeness (QED) is 0.0737. The SMILES string of the molecule is CCCCCCCC(=O)OCCOCCOCCOCCOCCOCCOCCOCCOCCOCCOCCF. The van der Waals surface area contributed by atoms with Crippen molar-refractivity contribution in [3.8, 4) is 0 Å². The summed E-state index contributed by atoms with van der Waals surface area (Å²) in [6, 6.07) is 0. The van der Waals surface area contributed by atoms with Crippen molar-refractivity contribution in [1.82, 2.24) is 0 Å². The van der Waals surface area contributed by atoms with Crippen LogP contribution in [0.25, 0.3) is 0 Å². The molecule has 0 heterocycles. The van der Waals surface area contributed by atoms with E-state index in [-0.39, 0.29) is 19.2 Å². The van der Waals surface area contributed by atoms with Crippen molar-refractivity contribution >= 4 is 5.97 Å². The van der Waals surface area contributed by atoms with Crippen LogP contribution in [0.3, 0.4) is 0 Å². The molecule has 0 radical (unpaired) electrons. The third-order valence-electron chi connectivity index (χ3n) is 5.54. The molecule has 13 heteroatoms. The summed E-state index contributed by atoms with van der Waals surface area (Å²) in [6.45, 7) is 11.0. The van der Waals surface area contributed by atoms with E-state index in [0.717, 1.165) is 12.8 Å². The largest absolute Gasteiger partial charge is 0.463 e. The highest BCUT2D eigenvalue weighted by Gasteiger charge is 2.02. The first-order chi connectivity index (χ1) is 21.3. The maximum absolute atomic E-state index is 11.8. The zero-order valence-electron chi connectivity index (χ0n) is 26.6. The molecule has 258 valence electrons. The zero-order valence-corrected chi connectivity index (χ0v) is 26.6. The molecular weight excluding hydrogens is 571 g/mol. The summed E-state index contributed by atoms with van der Waals surface area (Å²) in [5, 5.41) is 0. The van der Waals surface area contributed by atoms with E-state index in [9.17, 15) is 9.18 Å². The van der Waals surface area contributed by atoms with Gasteiger partial charge in [0, 0.05) is 6.42 Å². The zero-order chi connectivity index (χ0) is 31.2. The van der Waals surface area contributed by atoms with Crippen LogP contribution in [0.4, 0.5) is 4.39 Å². The molecule has 43 heavy (non-hydrogen) atoms. The molecule has 0 spiro atoms. The molecule has 0 unspecified atom stereocenters. The Kier molecular flexibility index (Phi) is 38.1. The van der Waals surface area contributed by atoms with E-state index in [4.69, 9.17) is 52.1 Å². The van der Waals surface area contributed by atoms with Crippen LogP contribution in [0.5, 0.6) is 0 Å². The fourth-order valence-corrected chi connectivity index (χ4v) is 3.30. The van der Waals surface area contributed by atoms with E-state index in [1.165, 1.54) is 19.3 Å². The van der Waals surface area contributed by atoms with Gasteiger partial charge in [0.05, 0.1) is 132 Å². The number of carbonyl (C=O) groups is 1. The number of hydrogen-bond acceptors (Lipinski definition) is 12. The minimum atomic E-state index is -0.476. The Hall–Kier alpha value is -1.00. The van der Waals surface area contributed by atoms with E-state index < -0.39 is 6.67 Å². The first-order valence-electron chi connectivity index (χ1n) is 15.8. The molecule has 0 saturated heterocycles. The number of hydrogen-bond donors (Lipinski definition) is 0. The molecule has 0 N–H and O–H groups in total. The summed E-state index contributed by atoms with van der Waals surface area (Å²) in [7, 11) is 0. The fraction of sp³-hybridized carbons (Fsp3) is 0.967. The van der Waals surface area contributed by atoms with Gasteiger partial charge in [-0.15, -0.1) is 0 Å². The van der Waals surface area contributed by atoms with E-state index in [1.807, 2.05) is 0 Å². The summed E-state index contributed by atoms with van der Waals surface area (Å²) in [6.07, 6.45) is 6.06. The van der Waals surface area contributed by atoms with Crippen LogP contribution in [0.15, 0.2) is 0 Å². The molecule has 0 aliphatic rings. The average Bonchev–Trinajstić information content (AvgIpc) is 3.01. The summed E-state index contributed by atoms with van der Waals surface area (Å²) in [4.78, 5) is 11.6. The third kappa shape index (κ3) is 39.0. The number of rotatable bonds is 38. The summed E-state index contributed by atoms with van der Waals surface area (Å²) >= 11 is 0. The first-order valence-corrected chi connectivity index (χ1v) is 15.8. The third-order valence-corrected chi connectivity index (χ3v) is 5.54. The van der Waals surface area contributed by atoms with E-state index in [2.05, 4.69) is 6.92 Å². The van der Waals surface area contributed by atoms with Crippen molar-refractivity contribution in [2.45, 2.75) is 45.4 Å². The molecule has 0 bridgehead atoms. The highest BCUT2D eigenvalue weighted by Crippen LogP contribution is 2.05. The van der Waals surface area contributed by atoms with Gasteiger partial charge in [0.1, 0.15) is 13.3 Å². The number of ether oxygens (including phenoxy) is 11. The molecule has 0 aromatic rings. The minimum Gasteiger partial charge on any atom is -0.463 e. The number of alkyl halides is 1. The van der Waals surface area contributed by atoms with Gasteiger partial charge in [-0.2, -0.15) is 0 Å². The van der Waals surface area contributed by atoms with Crippen LogP contribution in [0.1, 0.15) is 45.4 Å². The highest BCUT2D eigenvalue weighted by atomic mass is 19.1. The Bertz CT molecular complexity index is 533. The number of unbranched alkanes of at least 4 members (excludes halogenated alkanes) is 4. The number of halogens is 1. The topological polar surface area (TPSA) is 119 Å². The lowest BCUT2D eigenvalue weighted by atomic mass is 10.1. The van der Waals surface area contributed by atoms with Crippen molar-refractivity contribution in [1.29, 1.82) is 0 Å². The molecule has 0 aromatic carbocycles. The van der Waals surface area contributed by atoms with Crippen molar-refractivity contribution in [2.75, 3.05) is 145 Å². The molecule has 0 aliphatic heterocycles. The van der Waals surface area contributed by atoms with Gasteiger partial charge < -0.3 is 52.1 Å². The van der Waals surface area contributed by atoms with Crippen molar-refractivity contribution in [2.24, 2.45) is 0 Å². The van der Waals surface area contributed by atoms with Gasteiger partial charge in [0.2, 0.25) is 0 Å². The van der Waals surface area contributed by atoms with Crippen LogP contribution in [-0.4, -0.2) is 151 Å². The highest BCUT2D eigenvalue weighted by molar-refractivity contribution is 5.69. The Morgan fingerprint density at radius 3 is 0.977 bits per heavy atom. The van der Waals surface area contributed by atoms with Crippen molar-refractivity contribution in [3.63, 3.8) is 0 Å². The predicted octanol–water partition coefficient (Wildman–Crippen LogP) is 3.03. The number of esters is 1. The lowest BCUT2D eigenvalue weighted by Gasteiger charge is -2.09. The molecular formula is C30H59FO12. The second kappa shape index (κ2) is 39.0. The molecule has 0 saturated carbocycles. The second-order valence-corrected chi connectivity index (χ2v) is 9.20. The van der Waals surface area contributed by atoms with Crippen LogP contribution in [0.2, 0.25) is 0 Å². The summed E-state index contributed by atoms with van der Waals surface area (Å²) in [5.74, 6) is -0.150. The van der Waals surface area contributed by atoms with Gasteiger partial charge in [-0.05, 0) is 6.42 Å². The van der Waals surface area contributed by atoms with Gasteiger partial charge in [0.15, 0.2) is 0 Å². The van der Waals surface area contributed by atoms with Gasteiger partial charge in [-0.1, -0.05) is 32.6 Å². The lowest BCUT2D eigenvalue weighted by Crippen LogP contribution is -2.15. The average molecular weight is 631 g/mol. The van der Waals surface area contributed by atoms with Crippen molar-refractivity contribution < 1.29 is 61.3 Å². The Morgan fingerprint density at radius 2 is 0.674 bits per heavy atom. The molecule has 12 nitrogen and oxygen atoms in total. The van der Waals surface area contributed by atoms with Gasteiger partial charge in [-0.25, -0.2) is 4.39 Å². The van der Waals surface area contributed by atoms with Crippen LogP contribution in [0, 0.1) is 0 Å². The molecule has 0 atom stereocenters. The first kappa shape index (κ1) is 42.0. The second-order valence-electron chi connectivity index (χ2n) is 9.20. The summed E-state index contributed by atoms with van der Waals surface area (Å²) < 4.78 is 70.6. The van der Waals surface area contributed by atoms with Crippen LogP contribution in [-0.2, 0) is 56.9 Å². The van der Waals surface area contributed by atoms with Crippen LogP contribution < -0.4 is 0 Å². The summed E-state index contributed by atoms with van der Waals surface area (Å²) in [5.41, 5.74) is 0. The van der Waals surface area contributed by atoms with E-state index in [1.54, 1.807) is 0 Å². The van der Waals surface area contributed by atoms with Gasteiger partial charge in [0.25, 0.3) is 0 Å². The Labute approximate surface area is 258 Å². The van der Waals surface area contributed by atoms with Gasteiger partial charge >= 0.3 is 5.97 Å². The van der Waals surface area contributed by atoms with E-state index >= 15 is 0 Å². The Morgan fingerprint density at radius 1 is 0.395 bits per heavy atom.